The zero-order chi connectivity index (χ0) is 13.2. The molecule has 0 aliphatic heterocycles. The molecule has 0 unspecified atom stereocenters. The van der Waals surface area contributed by atoms with Crippen LogP contribution >= 0.6 is 0 Å². The minimum Gasteiger partial charge on any atom is -0.480 e. The number of amides is 1. The van der Waals surface area contributed by atoms with Gasteiger partial charge in [-0.25, -0.2) is 0 Å². The average Bonchev–Trinajstić information content (AvgIpc) is 2.61. The minimum absolute atomic E-state index is 0.370. The van der Waals surface area contributed by atoms with Gasteiger partial charge in [-0.3, -0.25) is 14.3 Å². The van der Waals surface area contributed by atoms with Crippen molar-refractivity contribution in [3.05, 3.63) is 18.0 Å². The highest BCUT2D eigenvalue weighted by Gasteiger charge is 2.50. The lowest BCUT2D eigenvalue weighted by atomic mass is 9.68. The highest BCUT2D eigenvalue weighted by molar-refractivity contribution is 6.02. The largest absolute Gasteiger partial charge is 0.480 e. The summed E-state index contributed by atoms with van der Waals surface area (Å²) in [6.07, 6.45) is 5.30. The second-order valence-electron chi connectivity index (χ2n) is 4.78. The number of rotatable bonds is 5. The topological polar surface area (TPSA) is 84.2 Å². The van der Waals surface area contributed by atoms with Crippen LogP contribution in [0.3, 0.4) is 0 Å². The molecule has 6 heteroatoms. The number of nitrogens with zero attached hydrogens (tertiary/aromatic N) is 2. The monoisotopic (exact) mass is 251 g/mol. The molecule has 98 valence electrons. The van der Waals surface area contributed by atoms with Crippen LogP contribution < -0.4 is 5.32 Å². The van der Waals surface area contributed by atoms with E-state index in [1.54, 1.807) is 10.9 Å². The quantitative estimate of drug-likeness (QED) is 0.749. The number of aryl methyl sites for hydroxylation is 1. The van der Waals surface area contributed by atoms with E-state index >= 15 is 0 Å². The summed E-state index contributed by atoms with van der Waals surface area (Å²) >= 11 is 0. The molecule has 0 saturated heterocycles. The van der Waals surface area contributed by atoms with Crippen molar-refractivity contribution in [3.8, 4) is 0 Å². The van der Waals surface area contributed by atoms with Gasteiger partial charge in [-0.05, 0) is 25.3 Å². The molecule has 6 nitrogen and oxygen atoms in total. The molecule has 1 amide bonds. The SMILES string of the molecule is Cc1cnn(CCNC(=O)C2(C(=O)O)CCC2)c1. The normalized spacial score (nSPS) is 16.9. The molecule has 2 N–H and O–H groups in total. The van der Waals surface area contributed by atoms with Crippen LogP contribution in [-0.4, -0.2) is 33.3 Å². The van der Waals surface area contributed by atoms with Crippen LogP contribution in [0.25, 0.3) is 0 Å². The van der Waals surface area contributed by atoms with Crippen LogP contribution in [0.15, 0.2) is 12.4 Å². The third-order valence-electron chi connectivity index (χ3n) is 3.44. The Kier molecular flexibility index (Phi) is 3.36. The first-order valence-electron chi connectivity index (χ1n) is 6.05. The van der Waals surface area contributed by atoms with E-state index in [0.29, 0.717) is 25.9 Å². The number of aromatic nitrogens is 2. The molecule has 1 heterocycles. The molecule has 1 aliphatic carbocycles. The van der Waals surface area contributed by atoms with Crippen molar-refractivity contribution in [3.63, 3.8) is 0 Å². The molecule has 1 aliphatic rings. The molecule has 1 fully saturated rings. The molecule has 0 atom stereocenters. The Bertz CT molecular complexity index is 463. The van der Waals surface area contributed by atoms with Gasteiger partial charge in [0.2, 0.25) is 5.91 Å². The smallest absolute Gasteiger partial charge is 0.319 e. The van der Waals surface area contributed by atoms with E-state index < -0.39 is 11.4 Å². The third kappa shape index (κ3) is 2.23. The fourth-order valence-electron chi connectivity index (χ4n) is 2.11. The van der Waals surface area contributed by atoms with Gasteiger partial charge in [0.15, 0.2) is 0 Å². The van der Waals surface area contributed by atoms with Crippen LogP contribution in [0.1, 0.15) is 24.8 Å². The van der Waals surface area contributed by atoms with Crippen molar-refractivity contribution >= 4 is 11.9 Å². The summed E-state index contributed by atoms with van der Waals surface area (Å²) in [5.41, 5.74) is -0.123. The Morgan fingerprint density at radius 3 is 2.72 bits per heavy atom. The highest BCUT2D eigenvalue weighted by atomic mass is 16.4. The number of carboxylic acids is 1. The van der Waals surface area contributed by atoms with E-state index in [-0.39, 0.29) is 5.91 Å². The fourth-order valence-corrected chi connectivity index (χ4v) is 2.11. The summed E-state index contributed by atoms with van der Waals surface area (Å²) < 4.78 is 1.73. The van der Waals surface area contributed by atoms with Crippen LogP contribution in [0.5, 0.6) is 0 Å². The summed E-state index contributed by atoms with van der Waals surface area (Å²) in [5, 5.41) is 15.9. The first-order chi connectivity index (χ1) is 8.54. The lowest BCUT2D eigenvalue weighted by Gasteiger charge is -2.35. The van der Waals surface area contributed by atoms with Crippen molar-refractivity contribution < 1.29 is 14.7 Å². The minimum atomic E-state index is -1.18. The van der Waals surface area contributed by atoms with Gasteiger partial charge in [0.1, 0.15) is 5.41 Å². The standard InChI is InChI=1S/C12H17N3O3/c1-9-7-14-15(8-9)6-5-13-10(16)12(11(17)18)3-2-4-12/h7-8H,2-6H2,1H3,(H,13,16)(H,17,18). The number of nitrogens with one attached hydrogen (secondary N) is 1. The van der Waals surface area contributed by atoms with E-state index in [1.807, 2.05) is 13.1 Å². The lowest BCUT2D eigenvalue weighted by molar-refractivity contribution is -0.162. The second-order valence-corrected chi connectivity index (χ2v) is 4.78. The maximum atomic E-state index is 11.9. The Labute approximate surface area is 105 Å². The molecule has 2 rings (SSSR count). The maximum Gasteiger partial charge on any atom is 0.319 e. The van der Waals surface area contributed by atoms with Crippen LogP contribution in [0.2, 0.25) is 0 Å². The van der Waals surface area contributed by atoms with E-state index in [9.17, 15) is 9.59 Å². The van der Waals surface area contributed by atoms with Gasteiger partial charge < -0.3 is 10.4 Å². The molecule has 18 heavy (non-hydrogen) atoms. The molecular formula is C12H17N3O3. The summed E-state index contributed by atoms with van der Waals surface area (Å²) in [6.45, 7) is 2.89. The van der Waals surface area contributed by atoms with E-state index in [4.69, 9.17) is 5.11 Å². The zero-order valence-electron chi connectivity index (χ0n) is 10.3. The molecule has 0 radical (unpaired) electrons. The molecular weight excluding hydrogens is 234 g/mol. The predicted octanol–water partition coefficient (Wildman–Crippen LogP) is 0.563. The van der Waals surface area contributed by atoms with E-state index in [0.717, 1.165) is 12.0 Å². The van der Waals surface area contributed by atoms with Crippen molar-refractivity contribution in [2.75, 3.05) is 6.54 Å². The van der Waals surface area contributed by atoms with Crippen molar-refractivity contribution in [2.24, 2.45) is 5.41 Å². The number of carboxylic acid groups (broad SMARTS) is 1. The molecule has 1 saturated carbocycles. The average molecular weight is 251 g/mol. The van der Waals surface area contributed by atoms with E-state index in [1.165, 1.54) is 0 Å². The Balaban J connectivity index is 1.83. The third-order valence-corrected chi connectivity index (χ3v) is 3.44. The van der Waals surface area contributed by atoms with Gasteiger partial charge in [-0.1, -0.05) is 6.42 Å². The van der Waals surface area contributed by atoms with Crippen molar-refractivity contribution in [1.82, 2.24) is 15.1 Å². The number of hydrogen-bond donors (Lipinski definition) is 2. The molecule has 1 aromatic rings. The first-order valence-corrected chi connectivity index (χ1v) is 6.05. The summed E-state index contributed by atoms with van der Waals surface area (Å²) in [5.74, 6) is -1.38. The predicted molar refractivity (Wildman–Crippen MR) is 63.9 cm³/mol. The van der Waals surface area contributed by atoms with Crippen molar-refractivity contribution in [2.45, 2.75) is 32.7 Å². The van der Waals surface area contributed by atoms with Gasteiger partial charge in [-0.15, -0.1) is 0 Å². The van der Waals surface area contributed by atoms with Gasteiger partial charge in [0, 0.05) is 12.7 Å². The fraction of sp³-hybridized carbons (Fsp3) is 0.583. The summed E-state index contributed by atoms with van der Waals surface area (Å²) in [7, 11) is 0. The van der Waals surface area contributed by atoms with Crippen LogP contribution in [-0.2, 0) is 16.1 Å². The van der Waals surface area contributed by atoms with Gasteiger partial charge in [-0.2, -0.15) is 5.10 Å². The lowest BCUT2D eigenvalue weighted by Crippen LogP contribution is -2.51. The molecule has 0 aromatic carbocycles. The molecule has 0 spiro atoms. The van der Waals surface area contributed by atoms with Gasteiger partial charge in [0.25, 0.3) is 0 Å². The van der Waals surface area contributed by atoms with Crippen LogP contribution in [0.4, 0.5) is 0 Å². The Morgan fingerprint density at radius 1 is 1.56 bits per heavy atom. The van der Waals surface area contributed by atoms with Crippen LogP contribution in [0, 0.1) is 12.3 Å². The van der Waals surface area contributed by atoms with E-state index in [2.05, 4.69) is 10.4 Å². The zero-order valence-corrected chi connectivity index (χ0v) is 10.3. The number of carbonyl (C=O) groups is 2. The van der Waals surface area contributed by atoms with Gasteiger partial charge >= 0.3 is 5.97 Å². The highest BCUT2D eigenvalue weighted by Crippen LogP contribution is 2.41. The maximum absolute atomic E-state index is 11.9. The summed E-state index contributed by atoms with van der Waals surface area (Å²) in [4.78, 5) is 23.0. The molecule has 0 bridgehead atoms. The molecule has 1 aromatic heterocycles. The number of hydrogen-bond acceptors (Lipinski definition) is 3. The van der Waals surface area contributed by atoms with Crippen molar-refractivity contribution in [1.29, 1.82) is 0 Å². The Morgan fingerprint density at radius 2 is 2.28 bits per heavy atom. The first kappa shape index (κ1) is 12.6. The number of carbonyl (C=O) groups excluding carboxylic acids is 1. The summed E-state index contributed by atoms with van der Waals surface area (Å²) in [6, 6.07) is 0. The van der Waals surface area contributed by atoms with Gasteiger partial charge in [0.05, 0.1) is 12.7 Å². The second kappa shape index (κ2) is 4.80. The number of aliphatic carboxylic acids is 1. The Hall–Kier alpha value is -1.85.